The van der Waals surface area contributed by atoms with Crippen molar-refractivity contribution in [2.24, 2.45) is 11.3 Å². The maximum absolute atomic E-state index is 5.41. The highest BCUT2D eigenvalue weighted by Gasteiger charge is 2.58. The van der Waals surface area contributed by atoms with Crippen molar-refractivity contribution in [3.8, 4) is 11.5 Å². The molecule has 2 heterocycles. The zero-order valence-corrected chi connectivity index (χ0v) is 19.8. The number of fused-ring (bicyclic) bond motifs is 1. The molecular formula is C26H28O2S2. The lowest BCUT2D eigenvalue weighted by Gasteiger charge is -2.34. The van der Waals surface area contributed by atoms with Crippen LogP contribution in [-0.2, 0) is 4.08 Å². The van der Waals surface area contributed by atoms with Crippen molar-refractivity contribution in [3.63, 3.8) is 0 Å². The predicted octanol–water partition coefficient (Wildman–Crippen LogP) is 6.77. The minimum Gasteiger partial charge on any atom is -0.497 e. The van der Waals surface area contributed by atoms with Gasteiger partial charge in [-0.15, -0.1) is 23.5 Å². The Morgan fingerprint density at radius 2 is 1.43 bits per heavy atom. The maximum atomic E-state index is 5.41. The smallest absolute Gasteiger partial charge is 0.118 e. The third kappa shape index (κ3) is 3.11. The molecule has 0 N–H and O–H groups in total. The first kappa shape index (κ1) is 20.1. The second-order valence-electron chi connectivity index (χ2n) is 9.24. The summed E-state index contributed by atoms with van der Waals surface area (Å²) in [5.74, 6) is 2.28. The van der Waals surface area contributed by atoms with Crippen LogP contribution in [0.25, 0.3) is 5.57 Å². The van der Waals surface area contributed by atoms with Gasteiger partial charge in [-0.3, -0.25) is 0 Å². The Labute approximate surface area is 188 Å². The van der Waals surface area contributed by atoms with Crippen molar-refractivity contribution >= 4 is 29.1 Å². The Hall–Kier alpha value is -1.78. The van der Waals surface area contributed by atoms with E-state index in [0.29, 0.717) is 16.4 Å². The van der Waals surface area contributed by atoms with Gasteiger partial charge in [0.2, 0.25) is 0 Å². The molecule has 2 nitrogen and oxygen atoms in total. The van der Waals surface area contributed by atoms with Crippen molar-refractivity contribution in [2.45, 2.75) is 35.4 Å². The molecule has 1 aliphatic carbocycles. The topological polar surface area (TPSA) is 18.5 Å². The number of rotatable bonds is 4. The van der Waals surface area contributed by atoms with E-state index < -0.39 is 0 Å². The Bertz CT molecular complexity index is 1010. The molecule has 1 saturated heterocycles. The molecular weight excluding hydrogens is 408 g/mol. The summed E-state index contributed by atoms with van der Waals surface area (Å²) in [5.41, 5.74) is 5.89. The largest absolute Gasteiger partial charge is 0.497 e. The minimum absolute atomic E-state index is 0.0574. The highest BCUT2D eigenvalue weighted by atomic mass is 32.2. The normalized spacial score (nSPS) is 29.4. The highest BCUT2D eigenvalue weighted by molar-refractivity contribution is 8.21. The Balaban J connectivity index is 1.64. The van der Waals surface area contributed by atoms with Crippen LogP contribution < -0.4 is 9.47 Å². The van der Waals surface area contributed by atoms with E-state index in [1.165, 1.54) is 16.7 Å². The summed E-state index contributed by atoms with van der Waals surface area (Å²) in [6, 6.07) is 17.2. The number of ether oxygens (including phenoxy) is 2. The number of allylic oxidation sites excluding steroid dienone is 2. The molecule has 0 amide bonds. The van der Waals surface area contributed by atoms with E-state index in [1.807, 2.05) is 0 Å². The molecule has 0 spiro atoms. The van der Waals surface area contributed by atoms with Crippen LogP contribution in [0, 0.1) is 11.3 Å². The van der Waals surface area contributed by atoms with E-state index in [1.54, 1.807) is 19.8 Å². The van der Waals surface area contributed by atoms with Gasteiger partial charge in [0.1, 0.15) is 15.6 Å². The van der Waals surface area contributed by atoms with Crippen LogP contribution in [0.15, 0.2) is 66.3 Å². The molecule has 2 bridgehead atoms. The van der Waals surface area contributed by atoms with Crippen LogP contribution in [0.1, 0.15) is 31.9 Å². The van der Waals surface area contributed by atoms with Gasteiger partial charge in [0, 0.05) is 16.4 Å². The third-order valence-electron chi connectivity index (χ3n) is 6.42. The lowest BCUT2D eigenvalue weighted by atomic mass is 9.85. The van der Waals surface area contributed by atoms with Crippen LogP contribution >= 0.6 is 23.5 Å². The van der Waals surface area contributed by atoms with E-state index >= 15 is 0 Å². The van der Waals surface area contributed by atoms with E-state index in [2.05, 4.69) is 105 Å². The highest BCUT2D eigenvalue weighted by Crippen LogP contribution is 2.71. The van der Waals surface area contributed by atoms with Crippen LogP contribution in [0.5, 0.6) is 11.5 Å². The zero-order chi connectivity index (χ0) is 21.1. The average Bonchev–Trinajstić information content (AvgIpc) is 3.25. The fraction of sp³-hybridized carbons (Fsp3) is 0.385. The number of thioether (sulfide) groups is 2. The first-order valence-electron chi connectivity index (χ1n) is 10.4. The Morgan fingerprint density at radius 1 is 0.833 bits per heavy atom. The molecule has 4 atom stereocenters. The van der Waals surface area contributed by atoms with Gasteiger partial charge in [0.15, 0.2) is 0 Å². The molecule has 4 heteroatoms. The fourth-order valence-corrected chi connectivity index (χ4v) is 9.27. The summed E-state index contributed by atoms with van der Waals surface area (Å²) in [6.45, 7) is 7.07. The second kappa shape index (κ2) is 7.13. The van der Waals surface area contributed by atoms with E-state index in [9.17, 15) is 0 Å². The quantitative estimate of drug-likeness (QED) is 0.492. The first-order chi connectivity index (χ1) is 14.3. The number of hydrogen-bond acceptors (Lipinski definition) is 4. The summed E-state index contributed by atoms with van der Waals surface area (Å²) in [4.78, 5) is 0. The number of benzene rings is 2. The van der Waals surface area contributed by atoms with Gasteiger partial charge in [-0.2, -0.15) is 0 Å². The average molecular weight is 437 g/mol. The summed E-state index contributed by atoms with van der Waals surface area (Å²) in [6.07, 6.45) is 5.10. The molecule has 3 aliphatic rings. The number of methoxy groups -OCH3 is 2. The van der Waals surface area contributed by atoms with Crippen LogP contribution in [0.2, 0.25) is 0 Å². The first-order valence-corrected chi connectivity index (χ1v) is 12.2. The fourth-order valence-electron chi connectivity index (χ4n) is 4.85. The maximum Gasteiger partial charge on any atom is 0.118 e. The van der Waals surface area contributed by atoms with Crippen LogP contribution in [0.3, 0.4) is 0 Å². The third-order valence-corrected chi connectivity index (χ3v) is 10.2. The van der Waals surface area contributed by atoms with Gasteiger partial charge in [0.25, 0.3) is 0 Å². The molecule has 1 fully saturated rings. The van der Waals surface area contributed by atoms with Gasteiger partial charge in [-0.05, 0) is 52.5 Å². The van der Waals surface area contributed by atoms with E-state index in [0.717, 1.165) is 11.5 Å². The predicted molar refractivity (Wildman–Crippen MR) is 129 cm³/mol. The van der Waals surface area contributed by atoms with Gasteiger partial charge < -0.3 is 9.47 Å². The Morgan fingerprint density at radius 3 is 2.00 bits per heavy atom. The monoisotopic (exact) mass is 436 g/mol. The van der Waals surface area contributed by atoms with Gasteiger partial charge in [-0.25, -0.2) is 0 Å². The molecule has 2 aromatic carbocycles. The molecule has 2 aliphatic heterocycles. The van der Waals surface area contributed by atoms with Crippen molar-refractivity contribution in [1.29, 1.82) is 0 Å². The summed E-state index contributed by atoms with van der Waals surface area (Å²) >= 11 is 4.27. The van der Waals surface area contributed by atoms with Gasteiger partial charge >= 0.3 is 0 Å². The molecule has 2 aromatic rings. The van der Waals surface area contributed by atoms with Crippen LogP contribution in [-0.4, -0.2) is 24.7 Å². The molecule has 5 rings (SSSR count). The molecule has 30 heavy (non-hydrogen) atoms. The summed E-state index contributed by atoms with van der Waals surface area (Å²) < 4.78 is 10.7. The number of hydrogen-bond donors (Lipinski definition) is 0. The SMILES string of the molecule is COc1ccc(C2=C[C@@]3(c4ccc(OC)cc4)S[C@H]4[C@@H]2C=C(C(C)(C)C)[C@H]4S3)cc1. The molecule has 156 valence electrons. The lowest BCUT2D eigenvalue weighted by molar-refractivity contribution is 0.414. The molecule has 0 saturated carbocycles. The molecule has 0 radical (unpaired) electrons. The molecule has 0 unspecified atom stereocenters. The Kier molecular flexibility index (Phi) is 4.79. The van der Waals surface area contributed by atoms with Crippen molar-refractivity contribution < 1.29 is 9.47 Å². The van der Waals surface area contributed by atoms with Crippen molar-refractivity contribution in [3.05, 3.63) is 77.4 Å². The lowest BCUT2D eigenvalue weighted by Crippen LogP contribution is -2.24. The summed E-state index contributed by atoms with van der Waals surface area (Å²) in [7, 11) is 3.45. The van der Waals surface area contributed by atoms with Crippen LogP contribution in [0.4, 0.5) is 0 Å². The van der Waals surface area contributed by atoms with Gasteiger partial charge in [-0.1, -0.05) is 56.7 Å². The minimum atomic E-state index is -0.0574. The summed E-state index contributed by atoms with van der Waals surface area (Å²) in [5, 5.41) is 1.13. The van der Waals surface area contributed by atoms with E-state index in [-0.39, 0.29) is 9.49 Å². The molecule has 0 aromatic heterocycles. The second-order valence-corrected chi connectivity index (χ2v) is 12.3. The standard InChI is InChI=1S/C26H28O2S2/c1-25(2,3)22-14-20-21(16-6-10-18(27-4)11-7-16)15-26(29-23(20)24(22)30-26)17-8-12-19(28-5)13-9-17/h6-15,20,23-24H,1-5H3/t20-,23+,24-,26-/m1/s1. The van der Waals surface area contributed by atoms with Crippen molar-refractivity contribution in [2.75, 3.05) is 14.2 Å². The zero-order valence-electron chi connectivity index (χ0n) is 18.1. The van der Waals surface area contributed by atoms with Crippen molar-refractivity contribution in [1.82, 2.24) is 0 Å². The van der Waals surface area contributed by atoms with E-state index in [4.69, 9.17) is 9.47 Å². The van der Waals surface area contributed by atoms with Gasteiger partial charge in [0.05, 0.1) is 14.2 Å².